The molecule has 0 aliphatic heterocycles. The second kappa shape index (κ2) is 13.0. The predicted octanol–water partition coefficient (Wildman–Crippen LogP) is 11.4. The normalized spacial score (nSPS) is 10.8. The number of hydrogen-bond acceptors (Lipinski definition) is 2. The molecular weight excluding hydrogens is 552 g/mol. The summed E-state index contributed by atoms with van der Waals surface area (Å²) in [7, 11) is 1.70. The second-order valence-electron chi connectivity index (χ2n) is 11.3. The van der Waals surface area contributed by atoms with Gasteiger partial charge in [-0.3, -0.25) is 0 Å². The Balaban J connectivity index is 0.000000122. The number of aromatic nitrogens is 2. The Morgan fingerprint density at radius 2 is 0.756 bits per heavy atom. The van der Waals surface area contributed by atoms with Crippen LogP contribution < -0.4 is 9.47 Å². The van der Waals surface area contributed by atoms with E-state index in [2.05, 4.69) is 133 Å². The maximum Gasteiger partial charge on any atom is 0.133 e. The highest BCUT2D eigenvalue weighted by molar-refractivity contribution is 6.07. The number of H-pyrrole nitrogens is 2. The van der Waals surface area contributed by atoms with Crippen LogP contribution in [-0.4, -0.2) is 17.1 Å². The number of fused-ring (bicyclic) bond motifs is 6. The zero-order chi connectivity index (χ0) is 31.3. The van der Waals surface area contributed by atoms with Crippen molar-refractivity contribution < 1.29 is 9.47 Å². The van der Waals surface area contributed by atoms with Crippen LogP contribution in [0.4, 0.5) is 0 Å². The molecule has 0 saturated heterocycles. The van der Waals surface area contributed by atoms with Gasteiger partial charge in [-0.15, -0.1) is 0 Å². The molecule has 0 atom stereocenters. The molecule has 224 valence electrons. The van der Waals surface area contributed by atoms with Crippen LogP contribution in [0.1, 0.15) is 22.3 Å². The summed E-state index contributed by atoms with van der Waals surface area (Å²) < 4.78 is 11.4. The Morgan fingerprint density at radius 3 is 1.11 bits per heavy atom. The standard InChI is InChI=1S/C17H20O2.2C12H9N/c1-11-7-6-8-12(2)17(11)19-15-9-13(3)16(18-5)14(4)10-15;2*1-3-7-11-9(5-1)10-6-2-4-8-12(10)13-11/h6-10H,1-5H3;2*1-8,13H. The Labute approximate surface area is 264 Å². The molecule has 6 aromatic carbocycles. The molecule has 2 aromatic heterocycles. The third kappa shape index (κ3) is 6.27. The fourth-order valence-electron chi connectivity index (χ4n) is 5.97. The minimum absolute atomic E-state index is 0.855. The maximum atomic E-state index is 6.05. The van der Waals surface area contributed by atoms with E-state index in [1.165, 1.54) is 43.6 Å². The molecule has 2 heterocycles. The Hall–Kier alpha value is -5.48. The summed E-state index contributed by atoms with van der Waals surface area (Å²) in [6, 6.07) is 43.7. The van der Waals surface area contributed by atoms with Crippen LogP contribution >= 0.6 is 0 Å². The number of ether oxygens (including phenoxy) is 2. The maximum absolute atomic E-state index is 6.05. The number of hydrogen-bond donors (Lipinski definition) is 2. The molecule has 0 aliphatic carbocycles. The number of rotatable bonds is 3. The average molecular weight is 591 g/mol. The van der Waals surface area contributed by atoms with E-state index in [1.54, 1.807) is 7.11 Å². The molecule has 8 rings (SSSR count). The van der Waals surface area contributed by atoms with Gasteiger partial charge in [0.1, 0.15) is 17.2 Å². The molecule has 0 aliphatic rings. The summed E-state index contributed by atoms with van der Waals surface area (Å²) >= 11 is 0. The Morgan fingerprint density at radius 1 is 0.400 bits per heavy atom. The van der Waals surface area contributed by atoms with Gasteiger partial charge in [0.2, 0.25) is 0 Å². The summed E-state index contributed by atoms with van der Waals surface area (Å²) in [5.41, 5.74) is 9.31. The third-order valence-corrected chi connectivity index (χ3v) is 8.09. The molecule has 2 N–H and O–H groups in total. The summed E-state index contributed by atoms with van der Waals surface area (Å²) in [5.74, 6) is 2.72. The molecule has 0 amide bonds. The van der Waals surface area contributed by atoms with Crippen molar-refractivity contribution in [2.75, 3.05) is 7.11 Å². The molecule has 0 bridgehead atoms. The SMILES string of the molecule is COc1c(C)cc(Oc2c(C)cccc2C)cc1C.c1ccc2c(c1)[nH]c1ccccc12.c1ccc2c(c1)[nH]c1ccccc12. The number of methoxy groups -OCH3 is 1. The van der Waals surface area contributed by atoms with Crippen LogP contribution in [0.3, 0.4) is 0 Å². The van der Waals surface area contributed by atoms with Crippen molar-refractivity contribution in [2.24, 2.45) is 0 Å². The monoisotopic (exact) mass is 590 g/mol. The quantitative estimate of drug-likeness (QED) is 0.215. The van der Waals surface area contributed by atoms with Crippen LogP contribution in [0.2, 0.25) is 0 Å². The average Bonchev–Trinajstić information content (AvgIpc) is 3.62. The van der Waals surface area contributed by atoms with Crippen LogP contribution in [0.15, 0.2) is 127 Å². The molecule has 0 spiro atoms. The summed E-state index contributed by atoms with van der Waals surface area (Å²) in [4.78, 5) is 6.76. The fraction of sp³-hybridized carbons (Fsp3) is 0.122. The number of aromatic amines is 2. The van der Waals surface area contributed by atoms with Gasteiger partial charge in [-0.2, -0.15) is 0 Å². The second-order valence-corrected chi connectivity index (χ2v) is 11.3. The first kappa shape index (κ1) is 29.6. The van der Waals surface area contributed by atoms with Gasteiger partial charge in [-0.25, -0.2) is 0 Å². The van der Waals surface area contributed by atoms with E-state index in [0.29, 0.717) is 0 Å². The first-order valence-electron chi connectivity index (χ1n) is 15.2. The van der Waals surface area contributed by atoms with Crippen molar-refractivity contribution in [3.63, 3.8) is 0 Å². The van der Waals surface area contributed by atoms with E-state index in [4.69, 9.17) is 9.47 Å². The van der Waals surface area contributed by atoms with Gasteiger partial charge in [0, 0.05) is 43.6 Å². The molecule has 8 aromatic rings. The molecular formula is C41H38N2O2. The number of nitrogens with one attached hydrogen (secondary N) is 2. The zero-order valence-electron chi connectivity index (χ0n) is 26.4. The Bertz CT molecular complexity index is 1990. The number of aryl methyl sites for hydroxylation is 4. The van der Waals surface area contributed by atoms with Gasteiger partial charge >= 0.3 is 0 Å². The molecule has 4 nitrogen and oxygen atoms in total. The smallest absolute Gasteiger partial charge is 0.133 e. The van der Waals surface area contributed by atoms with Crippen molar-refractivity contribution in [3.05, 3.63) is 150 Å². The fourth-order valence-corrected chi connectivity index (χ4v) is 5.97. The number of para-hydroxylation sites is 5. The predicted molar refractivity (Wildman–Crippen MR) is 190 cm³/mol. The molecule has 0 unspecified atom stereocenters. The van der Waals surface area contributed by atoms with Gasteiger partial charge in [-0.05, 0) is 86.3 Å². The van der Waals surface area contributed by atoms with E-state index < -0.39 is 0 Å². The highest BCUT2D eigenvalue weighted by Crippen LogP contribution is 2.33. The Kier molecular flexibility index (Phi) is 8.56. The van der Waals surface area contributed by atoms with Gasteiger partial charge in [0.25, 0.3) is 0 Å². The van der Waals surface area contributed by atoms with Crippen molar-refractivity contribution in [1.29, 1.82) is 0 Å². The molecule has 45 heavy (non-hydrogen) atoms. The lowest BCUT2D eigenvalue weighted by molar-refractivity contribution is 0.406. The minimum Gasteiger partial charge on any atom is -0.496 e. The van der Waals surface area contributed by atoms with E-state index in [1.807, 2.05) is 32.0 Å². The lowest BCUT2D eigenvalue weighted by Gasteiger charge is -2.15. The van der Waals surface area contributed by atoms with Crippen molar-refractivity contribution in [2.45, 2.75) is 27.7 Å². The molecule has 4 heteroatoms. The van der Waals surface area contributed by atoms with E-state index in [9.17, 15) is 0 Å². The van der Waals surface area contributed by atoms with E-state index in [0.717, 1.165) is 39.5 Å². The largest absolute Gasteiger partial charge is 0.496 e. The zero-order valence-corrected chi connectivity index (χ0v) is 26.4. The number of benzene rings is 6. The van der Waals surface area contributed by atoms with E-state index in [-0.39, 0.29) is 0 Å². The van der Waals surface area contributed by atoms with E-state index >= 15 is 0 Å². The van der Waals surface area contributed by atoms with Gasteiger partial charge < -0.3 is 19.4 Å². The summed E-state index contributed by atoms with van der Waals surface area (Å²) in [6.45, 7) is 8.18. The van der Waals surface area contributed by atoms with Crippen LogP contribution in [0.5, 0.6) is 17.2 Å². The van der Waals surface area contributed by atoms with Gasteiger partial charge in [0.05, 0.1) is 7.11 Å². The lowest BCUT2D eigenvalue weighted by atomic mass is 10.1. The third-order valence-electron chi connectivity index (χ3n) is 8.09. The molecule has 0 saturated carbocycles. The van der Waals surface area contributed by atoms with Gasteiger partial charge in [-0.1, -0.05) is 91.0 Å². The minimum atomic E-state index is 0.855. The summed E-state index contributed by atoms with van der Waals surface area (Å²) in [6.07, 6.45) is 0. The van der Waals surface area contributed by atoms with Crippen molar-refractivity contribution in [1.82, 2.24) is 9.97 Å². The molecule has 0 fully saturated rings. The highest BCUT2D eigenvalue weighted by Gasteiger charge is 2.09. The molecule has 0 radical (unpaired) electrons. The first-order chi connectivity index (χ1) is 21.9. The van der Waals surface area contributed by atoms with Crippen molar-refractivity contribution >= 4 is 43.6 Å². The first-order valence-corrected chi connectivity index (χ1v) is 15.2. The lowest BCUT2D eigenvalue weighted by Crippen LogP contribution is -1.95. The van der Waals surface area contributed by atoms with Crippen LogP contribution in [-0.2, 0) is 0 Å². The van der Waals surface area contributed by atoms with Crippen molar-refractivity contribution in [3.8, 4) is 17.2 Å². The van der Waals surface area contributed by atoms with Crippen LogP contribution in [0.25, 0.3) is 43.6 Å². The van der Waals surface area contributed by atoms with Crippen LogP contribution in [0, 0.1) is 27.7 Å². The summed E-state index contributed by atoms with van der Waals surface area (Å²) in [5, 5.41) is 5.22. The van der Waals surface area contributed by atoms with Gasteiger partial charge in [0.15, 0.2) is 0 Å². The topological polar surface area (TPSA) is 50.0 Å². The highest BCUT2D eigenvalue weighted by atomic mass is 16.5.